The van der Waals surface area contributed by atoms with E-state index in [1.54, 1.807) is 6.34 Å². The molecule has 0 aliphatic carbocycles. The lowest BCUT2D eigenvalue weighted by Crippen LogP contribution is -2.62. The van der Waals surface area contributed by atoms with Gasteiger partial charge in [0.15, 0.2) is 0 Å². The molecule has 0 aromatic heterocycles. The first-order valence-corrected chi connectivity index (χ1v) is 9.56. The lowest BCUT2D eigenvalue weighted by atomic mass is 9.82. The number of carboxylic acid groups (broad SMARTS) is 1. The van der Waals surface area contributed by atoms with Crippen molar-refractivity contribution in [1.82, 2.24) is 9.80 Å². The molecule has 2 aliphatic heterocycles. The Hall–Kier alpha value is -2.83. The van der Waals surface area contributed by atoms with Crippen molar-refractivity contribution in [1.29, 1.82) is 0 Å². The summed E-state index contributed by atoms with van der Waals surface area (Å²) in [6.45, 7) is 1.07. The molecule has 30 heavy (non-hydrogen) atoms. The highest BCUT2D eigenvalue weighted by Crippen LogP contribution is 2.34. The normalized spacial score (nSPS) is 19.5. The van der Waals surface area contributed by atoms with Crippen molar-refractivity contribution in [3.05, 3.63) is 23.3 Å². The third-order valence-electron chi connectivity index (χ3n) is 5.19. The molecule has 2 heterocycles. The van der Waals surface area contributed by atoms with Gasteiger partial charge in [0.2, 0.25) is 5.91 Å². The maximum atomic E-state index is 12.5. The summed E-state index contributed by atoms with van der Waals surface area (Å²) in [5.74, 6) is -2.10. The number of aromatic hydroxyl groups is 1. The average Bonchev–Trinajstić information content (AvgIpc) is 3.08. The van der Waals surface area contributed by atoms with Crippen LogP contribution in [-0.2, 0) is 11.2 Å². The minimum absolute atomic E-state index is 0.0169. The molecule has 162 valence electrons. The molecule has 2 unspecified atom stereocenters. The number of benzene rings is 1. The van der Waals surface area contributed by atoms with Crippen molar-refractivity contribution in [3.8, 4) is 11.5 Å². The van der Waals surface area contributed by atoms with Crippen LogP contribution in [0.2, 0.25) is 6.32 Å². The third-order valence-corrected chi connectivity index (χ3v) is 5.19. The molecule has 1 amide bonds. The molecule has 3 rings (SSSR count). The number of hydrogen-bond acceptors (Lipinski definition) is 9. The van der Waals surface area contributed by atoms with Gasteiger partial charge in [-0.3, -0.25) is 9.79 Å². The third kappa shape index (κ3) is 4.66. The van der Waals surface area contributed by atoms with Gasteiger partial charge in [0.1, 0.15) is 29.2 Å². The summed E-state index contributed by atoms with van der Waals surface area (Å²) < 4.78 is 5.69. The van der Waals surface area contributed by atoms with Gasteiger partial charge >= 0.3 is 13.1 Å². The number of ether oxygens (including phenoxy) is 1. The van der Waals surface area contributed by atoms with Crippen molar-refractivity contribution in [2.45, 2.75) is 30.9 Å². The van der Waals surface area contributed by atoms with Gasteiger partial charge in [-0.2, -0.15) is 0 Å². The lowest BCUT2D eigenvalue weighted by Gasteiger charge is -2.40. The number of hydrogen-bond donors (Lipinski definition) is 5. The number of carbonyl (C=O) groups excluding carboxylic acids is 1. The summed E-state index contributed by atoms with van der Waals surface area (Å²) in [5, 5.41) is 37.7. The molecule has 12 heteroatoms. The van der Waals surface area contributed by atoms with E-state index in [9.17, 15) is 19.8 Å². The zero-order valence-electron chi connectivity index (χ0n) is 16.5. The van der Waals surface area contributed by atoms with E-state index in [4.69, 9.17) is 20.5 Å². The first-order chi connectivity index (χ1) is 14.2. The van der Waals surface area contributed by atoms with Crippen molar-refractivity contribution < 1.29 is 34.6 Å². The van der Waals surface area contributed by atoms with E-state index in [0.717, 1.165) is 0 Å². The molecule has 1 fully saturated rings. The molecule has 2 aliphatic rings. The molecule has 6 N–H and O–H groups in total. The average molecular weight is 420 g/mol. The molecule has 1 saturated heterocycles. The molecule has 1 aromatic rings. The number of carbonyl (C=O) groups is 2. The van der Waals surface area contributed by atoms with Gasteiger partial charge in [-0.15, -0.1) is 0 Å². The first kappa shape index (κ1) is 21.9. The quantitative estimate of drug-likeness (QED) is 0.310. The van der Waals surface area contributed by atoms with Crippen LogP contribution in [0.3, 0.4) is 0 Å². The van der Waals surface area contributed by atoms with E-state index < -0.39 is 36.5 Å². The van der Waals surface area contributed by atoms with Gasteiger partial charge in [-0.05, 0) is 24.4 Å². The molecule has 0 saturated carbocycles. The molecule has 11 nitrogen and oxygen atoms in total. The van der Waals surface area contributed by atoms with E-state index >= 15 is 0 Å². The largest absolute Gasteiger partial charge is 0.507 e. The number of amides is 1. The number of aryl methyl sites for hydroxylation is 1. The van der Waals surface area contributed by atoms with E-state index in [0.29, 0.717) is 6.54 Å². The summed E-state index contributed by atoms with van der Waals surface area (Å²) in [7, 11) is 0.287. The Labute approximate surface area is 173 Å². The van der Waals surface area contributed by atoms with Gasteiger partial charge in [0.25, 0.3) is 0 Å². The van der Waals surface area contributed by atoms with Crippen LogP contribution in [0.5, 0.6) is 11.5 Å². The highest BCUT2D eigenvalue weighted by atomic mass is 16.5. The number of nitrogens with two attached hydrogens (primary N) is 1. The fraction of sp³-hybridized carbons (Fsp3) is 0.500. The van der Waals surface area contributed by atoms with Crippen LogP contribution >= 0.6 is 0 Å². The van der Waals surface area contributed by atoms with E-state index in [1.165, 1.54) is 17.0 Å². The van der Waals surface area contributed by atoms with Crippen LogP contribution in [0.4, 0.5) is 0 Å². The molecule has 2 atom stereocenters. The van der Waals surface area contributed by atoms with Crippen molar-refractivity contribution >= 4 is 25.3 Å². The second kappa shape index (κ2) is 8.90. The van der Waals surface area contributed by atoms with E-state index in [2.05, 4.69) is 4.99 Å². The highest BCUT2D eigenvalue weighted by Gasteiger charge is 2.38. The van der Waals surface area contributed by atoms with Crippen molar-refractivity contribution in [2.24, 2.45) is 10.7 Å². The minimum atomic E-state index is -1.56. The predicted octanol–water partition coefficient (Wildman–Crippen LogP) is -1.64. The molecule has 0 bridgehead atoms. The number of likely N-dealkylation sites (N-methyl/N-ethyl adjacent to an activating group) is 1. The van der Waals surface area contributed by atoms with Crippen molar-refractivity contribution in [2.75, 3.05) is 26.7 Å². The fourth-order valence-electron chi connectivity index (χ4n) is 3.45. The Morgan fingerprint density at radius 1 is 1.33 bits per heavy atom. The zero-order chi connectivity index (χ0) is 22.0. The monoisotopic (exact) mass is 420 g/mol. The van der Waals surface area contributed by atoms with Crippen LogP contribution in [-0.4, -0.2) is 100 Å². The number of rotatable bonds is 8. The molecule has 1 aromatic carbocycles. The molecular weight excluding hydrogens is 395 g/mol. The number of aliphatic imine (C=N–C) groups is 1. The SMILES string of the molecule is CN1C=NC(C(N)C(=O)N2CC(Oc3ccc(CCB(O)O)c(O)c3C(=O)O)C2)C1. The van der Waals surface area contributed by atoms with Crippen LogP contribution < -0.4 is 10.5 Å². The van der Waals surface area contributed by atoms with Crippen molar-refractivity contribution in [3.63, 3.8) is 0 Å². The van der Waals surface area contributed by atoms with Gasteiger partial charge in [-0.25, -0.2) is 4.79 Å². The molecular formula is C18H25BN4O7. The number of aromatic carboxylic acids is 1. The zero-order valence-corrected chi connectivity index (χ0v) is 16.5. The predicted molar refractivity (Wildman–Crippen MR) is 108 cm³/mol. The number of phenols is 1. The van der Waals surface area contributed by atoms with Gasteiger partial charge in [0, 0.05) is 13.6 Å². The van der Waals surface area contributed by atoms with Gasteiger partial charge in [-0.1, -0.05) is 6.07 Å². The first-order valence-electron chi connectivity index (χ1n) is 9.56. The molecule has 0 spiro atoms. The topological polar surface area (TPSA) is 169 Å². The second-order valence-electron chi connectivity index (χ2n) is 7.55. The van der Waals surface area contributed by atoms with Crippen LogP contribution in [0.15, 0.2) is 17.1 Å². The number of carboxylic acids is 1. The maximum Gasteiger partial charge on any atom is 0.451 e. The molecule has 0 radical (unpaired) electrons. The van der Waals surface area contributed by atoms with Crippen LogP contribution in [0.25, 0.3) is 0 Å². The van der Waals surface area contributed by atoms with E-state index in [-0.39, 0.29) is 49.1 Å². The van der Waals surface area contributed by atoms with E-state index in [1.807, 2.05) is 11.9 Å². The summed E-state index contributed by atoms with van der Waals surface area (Å²) in [5.41, 5.74) is 5.90. The highest BCUT2D eigenvalue weighted by molar-refractivity contribution is 6.41. The summed E-state index contributed by atoms with van der Waals surface area (Å²) in [4.78, 5) is 31.7. The minimum Gasteiger partial charge on any atom is -0.507 e. The second-order valence-corrected chi connectivity index (χ2v) is 7.55. The Morgan fingerprint density at radius 2 is 2.03 bits per heavy atom. The van der Waals surface area contributed by atoms with Crippen LogP contribution in [0, 0.1) is 0 Å². The maximum absolute atomic E-state index is 12.5. The standard InChI is InChI=1S/C18H25BN4O7/c1-22-8-12(21-9-22)15(20)17(25)23-6-11(7-23)30-13-3-2-10(4-5-19(28)29)16(24)14(13)18(26)27/h2-3,9,11-12,15,24,28-29H,4-8,20H2,1H3,(H,26,27). The summed E-state index contributed by atoms with van der Waals surface area (Å²) in [6.07, 6.45) is 1.25. The Bertz CT molecular complexity index is 844. The Kier molecular flexibility index (Phi) is 6.49. The fourth-order valence-corrected chi connectivity index (χ4v) is 3.45. The number of likely N-dealkylation sites (tertiary alicyclic amines) is 1. The van der Waals surface area contributed by atoms with Gasteiger partial charge in [0.05, 0.1) is 25.5 Å². The smallest absolute Gasteiger partial charge is 0.451 e. The van der Waals surface area contributed by atoms with Crippen LogP contribution in [0.1, 0.15) is 15.9 Å². The Balaban J connectivity index is 1.61. The summed E-state index contributed by atoms with van der Waals surface area (Å²) in [6, 6.07) is 1.84. The lowest BCUT2D eigenvalue weighted by molar-refractivity contribution is -0.141. The number of nitrogens with zero attached hydrogens (tertiary/aromatic N) is 3. The Morgan fingerprint density at radius 3 is 2.60 bits per heavy atom. The van der Waals surface area contributed by atoms with Gasteiger partial charge < -0.3 is 40.5 Å². The summed E-state index contributed by atoms with van der Waals surface area (Å²) >= 11 is 0.